The summed E-state index contributed by atoms with van der Waals surface area (Å²) in [5.74, 6) is 0.132. The van der Waals surface area contributed by atoms with Crippen LogP contribution in [0.2, 0.25) is 0 Å². The maximum atomic E-state index is 12.4. The number of hydrogen-bond acceptors (Lipinski definition) is 5. The van der Waals surface area contributed by atoms with Crippen molar-refractivity contribution in [2.24, 2.45) is 5.92 Å². The minimum atomic E-state index is -0.340. The second-order valence-corrected chi connectivity index (χ2v) is 6.82. The Morgan fingerprint density at radius 1 is 1.19 bits per heavy atom. The molecule has 27 heavy (non-hydrogen) atoms. The molecule has 3 heterocycles. The number of rotatable bonds is 4. The van der Waals surface area contributed by atoms with Crippen LogP contribution in [-0.2, 0) is 0 Å². The summed E-state index contributed by atoms with van der Waals surface area (Å²) in [5, 5.41) is 3.40. The van der Waals surface area contributed by atoms with Crippen LogP contribution < -0.4 is 15.6 Å². The summed E-state index contributed by atoms with van der Waals surface area (Å²) in [7, 11) is 0. The maximum absolute atomic E-state index is 12.4. The fourth-order valence-corrected chi connectivity index (χ4v) is 3.48. The molecule has 138 valence electrons. The van der Waals surface area contributed by atoms with Crippen LogP contribution >= 0.6 is 0 Å². The van der Waals surface area contributed by atoms with Gasteiger partial charge in [-0.3, -0.25) is 14.6 Å². The number of aromatic nitrogens is 1. The third-order valence-electron chi connectivity index (χ3n) is 5.04. The van der Waals surface area contributed by atoms with E-state index in [2.05, 4.69) is 21.3 Å². The summed E-state index contributed by atoms with van der Waals surface area (Å²) in [4.78, 5) is 31.0. The molecule has 0 unspecified atom stereocenters. The molecule has 6 nitrogen and oxygen atoms in total. The molecular weight excluding hydrogens is 342 g/mol. The predicted molar refractivity (Wildman–Crippen MR) is 104 cm³/mol. The monoisotopic (exact) mass is 363 g/mol. The highest BCUT2D eigenvalue weighted by Gasteiger charge is 2.21. The molecular formula is C21H21N3O3. The largest absolute Gasteiger partial charge is 0.451 e. The average molecular weight is 363 g/mol. The van der Waals surface area contributed by atoms with Crippen LogP contribution in [0.25, 0.3) is 11.0 Å². The number of carbonyl (C=O) groups is 1. The number of fused-ring (bicyclic) bond motifs is 1. The van der Waals surface area contributed by atoms with Gasteiger partial charge < -0.3 is 14.6 Å². The molecule has 2 aromatic heterocycles. The van der Waals surface area contributed by atoms with E-state index in [0.29, 0.717) is 23.4 Å². The first-order valence-electron chi connectivity index (χ1n) is 9.17. The Labute approximate surface area is 156 Å². The predicted octanol–water partition coefficient (Wildman–Crippen LogP) is 2.83. The van der Waals surface area contributed by atoms with Gasteiger partial charge in [-0.2, -0.15) is 0 Å². The van der Waals surface area contributed by atoms with Gasteiger partial charge in [0.05, 0.1) is 17.3 Å². The third-order valence-corrected chi connectivity index (χ3v) is 5.04. The van der Waals surface area contributed by atoms with Crippen molar-refractivity contribution in [3.63, 3.8) is 0 Å². The zero-order valence-electron chi connectivity index (χ0n) is 14.9. The molecule has 6 heteroatoms. The standard InChI is InChI=1S/C21H21N3O3/c25-18-12-20(27-19-6-2-1-5-17(18)19)21(26)23-13-15-7-10-24(11-8-15)16-4-3-9-22-14-16/h1-6,9,12,14-15H,7-8,10-11,13H2,(H,23,26). The van der Waals surface area contributed by atoms with Gasteiger partial charge in [0.2, 0.25) is 0 Å². The number of amides is 1. The molecule has 3 aromatic rings. The zero-order chi connectivity index (χ0) is 18.6. The van der Waals surface area contributed by atoms with Crippen molar-refractivity contribution in [1.29, 1.82) is 0 Å². The van der Waals surface area contributed by atoms with Crippen LogP contribution in [0.4, 0.5) is 5.69 Å². The average Bonchev–Trinajstić information content (AvgIpc) is 2.73. The number of nitrogens with zero attached hydrogens (tertiary/aromatic N) is 2. The highest BCUT2D eigenvalue weighted by atomic mass is 16.3. The van der Waals surface area contributed by atoms with Crippen LogP contribution in [0.3, 0.4) is 0 Å². The Morgan fingerprint density at radius 2 is 2.00 bits per heavy atom. The molecule has 1 N–H and O–H groups in total. The molecule has 0 saturated carbocycles. The van der Waals surface area contributed by atoms with Gasteiger partial charge in [-0.15, -0.1) is 0 Å². The molecule has 4 rings (SSSR count). The van der Waals surface area contributed by atoms with E-state index < -0.39 is 0 Å². The number of carbonyl (C=O) groups excluding carboxylic acids is 1. The van der Waals surface area contributed by atoms with Gasteiger partial charge in [0.1, 0.15) is 5.58 Å². The van der Waals surface area contributed by atoms with Gasteiger partial charge in [0.15, 0.2) is 11.2 Å². The smallest absolute Gasteiger partial charge is 0.287 e. The van der Waals surface area contributed by atoms with Crippen LogP contribution in [-0.4, -0.2) is 30.5 Å². The molecule has 0 atom stereocenters. The molecule has 1 amide bonds. The number of para-hydroxylation sites is 1. The Balaban J connectivity index is 1.34. The van der Waals surface area contributed by atoms with Crippen molar-refractivity contribution >= 4 is 22.6 Å². The second-order valence-electron chi connectivity index (χ2n) is 6.82. The molecule has 0 radical (unpaired) electrons. The van der Waals surface area contributed by atoms with Gasteiger partial charge in [-0.1, -0.05) is 12.1 Å². The van der Waals surface area contributed by atoms with Crippen molar-refractivity contribution in [2.45, 2.75) is 12.8 Å². The lowest BCUT2D eigenvalue weighted by Gasteiger charge is -2.33. The first kappa shape index (κ1) is 17.3. The van der Waals surface area contributed by atoms with E-state index in [1.165, 1.54) is 6.07 Å². The van der Waals surface area contributed by atoms with Crippen LogP contribution in [0.1, 0.15) is 23.4 Å². The van der Waals surface area contributed by atoms with Crippen molar-refractivity contribution in [3.8, 4) is 0 Å². The minimum Gasteiger partial charge on any atom is -0.451 e. The number of pyridine rings is 1. The number of anilines is 1. The molecule has 0 aliphatic carbocycles. The first-order valence-corrected chi connectivity index (χ1v) is 9.17. The quantitative estimate of drug-likeness (QED) is 0.771. The van der Waals surface area contributed by atoms with Gasteiger partial charge in [0, 0.05) is 31.9 Å². The number of benzene rings is 1. The van der Waals surface area contributed by atoms with E-state index in [1.54, 1.807) is 30.5 Å². The van der Waals surface area contributed by atoms with E-state index in [1.807, 2.05) is 12.3 Å². The lowest BCUT2D eigenvalue weighted by Crippen LogP contribution is -2.38. The summed E-state index contributed by atoms with van der Waals surface area (Å²) in [6.07, 6.45) is 5.65. The van der Waals surface area contributed by atoms with Crippen molar-refractivity contribution in [3.05, 3.63) is 70.8 Å². The SMILES string of the molecule is O=C(NCC1CCN(c2cccnc2)CC1)c1cc(=O)c2ccccc2o1. The molecule has 1 saturated heterocycles. The molecule has 1 aliphatic rings. The van der Waals surface area contributed by atoms with Crippen molar-refractivity contribution < 1.29 is 9.21 Å². The van der Waals surface area contributed by atoms with E-state index in [-0.39, 0.29) is 17.1 Å². The third kappa shape index (κ3) is 3.84. The molecule has 0 spiro atoms. The minimum absolute atomic E-state index is 0.0616. The zero-order valence-corrected chi connectivity index (χ0v) is 14.9. The normalized spacial score (nSPS) is 15.0. The number of hydrogen-bond donors (Lipinski definition) is 1. The fourth-order valence-electron chi connectivity index (χ4n) is 3.48. The molecule has 1 fully saturated rings. The van der Waals surface area contributed by atoms with Crippen LogP contribution in [0.15, 0.2) is 64.1 Å². The van der Waals surface area contributed by atoms with Crippen molar-refractivity contribution in [1.82, 2.24) is 10.3 Å². The Hall–Kier alpha value is -3.15. The number of nitrogens with one attached hydrogen (secondary N) is 1. The van der Waals surface area contributed by atoms with Gasteiger partial charge in [0.25, 0.3) is 5.91 Å². The van der Waals surface area contributed by atoms with E-state index >= 15 is 0 Å². The Kier molecular flexibility index (Phi) is 4.87. The summed E-state index contributed by atoms with van der Waals surface area (Å²) in [6, 6.07) is 12.2. The summed E-state index contributed by atoms with van der Waals surface area (Å²) < 4.78 is 5.59. The van der Waals surface area contributed by atoms with E-state index in [0.717, 1.165) is 31.6 Å². The summed E-state index contributed by atoms with van der Waals surface area (Å²) in [5.41, 5.74) is 1.37. The fraction of sp³-hybridized carbons (Fsp3) is 0.286. The Morgan fingerprint density at radius 3 is 2.78 bits per heavy atom. The second kappa shape index (κ2) is 7.61. The van der Waals surface area contributed by atoms with E-state index in [9.17, 15) is 9.59 Å². The molecule has 0 bridgehead atoms. The van der Waals surface area contributed by atoms with Gasteiger partial charge in [-0.05, 0) is 43.0 Å². The van der Waals surface area contributed by atoms with Gasteiger partial charge >= 0.3 is 0 Å². The highest BCUT2D eigenvalue weighted by molar-refractivity contribution is 5.93. The maximum Gasteiger partial charge on any atom is 0.287 e. The first-order chi connectivity index (χ1) is 13.2. The molecule has 1 aliphatic heterocycles. The lowest BCUT2D eigenvalue weighted by atomic mass is 9.96. The van der Waals surface area contributed by atoms with Crippen LogP contribution in [0, 0.1) is 5.92 Å². The Bertz CT molecular complexity index is 992. The van der Waals surface area contributed by atoms with Gasteiger partial charge in [-0.25, -0.2) is 0 Å². The highest BCUT2D eigenvalue weighted by Crippen LogP contribution is 2.22. The summed E-state index contributed by atoms with van der Waals surface area (Å²) >= 11 is 0. The summed E-state index contributed by atoms with van der Waals surface area (Å²) in [6.45, 7) is 2.46. The number of piperidine rings is 1. The lowest BCUT2D eigenvalue weighted by molar-refractivity contribution is 0.0917. The molecule has 1 aromatic carbocycles. The van der Waals surface area contributed by atoms with Crippen LogP contribution in [0.5, 0.6) is 0 Å². The topological polar surface area (TPSA) is 75.4 Å². The van der Waals surface area contributed by atoms with Crippen molar-refractivity contribution in [2.75, 3.05) is 24.5 Å². The van der Waals surface area contributed by atoms with E-state index in [4.69, 9.17) is 4.42 Å².